The molecule has 3 nitrogen and oxygen atoms in total. The van der Waals surface area contributed by atoms with E-state index in [0.29, 0.717) is 23.7 Å². The quantitative estimate of drug-likeness (QED) is 0.522. The highest BCUT2D eigenvalue weighted by atomic mass is 16.5. The first kappa shape index (κ1) is 22.6. The first-order valence-corrected chi connectivity index (χ1v) is 12.5. The van der Waals surface area contributed by atoms with E-state index in [1.54, 1.807) is 0 Å². The predicted molar refractivity (Wildman–Crippen MR) is 122 cm³/mol. The zero-order valence-electron chi connectivity index (χ0n) is 19.8. The van der Waals surface area contributed by atoms with E-state index in [-0.39, 0.29) is 5.92 Å². The SMILES string of the molecule is CC(C)CCC[C@@H](C)[C@H]1CC[C@H]2[C@@H]3C=CC4=CCC(O)C(O)(O)[C@]4(C)[C@H]3CC[C@]12C. The Morgan fingerprint density at radius 1 is 1.03 bits per heavy atom. The highest BCUT2D eigenvalue weighted by molar-refractivity contribution is 5.39. The number of rotatable bonds is 5. The molecule has 0 aromatic carbocycles. The first-order valence-electron chi connectivity index (χ1n) is 12.5. The Kier molecular flexibility index (Phi) is 5.82. The molecular weight excluding hydrogens is 372 g/mol. The Balaban J connectivity index is 1.58. The number of hydrogen-bond donors (Lipinski definition) is 3. The normalized spacial score (nSPS) is 45.5. The lowest BCUT2D eigenvalue weighted by Gasteiger charge is -2.60. The van der Waals surface area contributed by atoms with Gasteiger partial charge in [0.05, 0.1) is 5.41 Å². The fraction of sp³-hybridized carbons (Fsp3) is 0.852. The van der Waals surface area contributed by atoms with Gasteiger partial charge in [0.1, 0.15) is 6.10 Å². The predicted octanol–water partition coefficient (Wildman–Crippen LogP) is 5.46. The summed E-state index contributed by atoms with van der Waals surface area (Å²) in [5.41, 5.74) is 0.576. The lowest BCUT2D eigenvalue weighted by Crippen LogP contribution is -2.64. The van der Waals surface area contributed by atoms with Crippen molar-refractivity contribution < 1.29 is 15.3 Å². The Labute approximate surface area is 183 Å². The molecule has 0 bridgehead atoms. The molecule has 8 atom stereocenters. The van der Waals surface area contributed by atoms with Crippen LogP contribution in [0, 0.1) is 46.3 Å². The molecule has 0 saturated heterocycles. The van der Waals surface area contributed by atoms with Crippen LogP contribution in [-0.2, 0) is 0 Å². The van der Waals surface area contributed by atoms with Crippen LogP contribution < -0.4 is 0 Å². The molecule has 1 unspecified atom stereocenters. The van der Waals surface area contributed by atoms with Crippen molar-refractivity contribution in [1.29, 1.82) is 0 Å². The maximum Gasteiger partial charge on any atom is 0.199 e. The molecule has 0 aromatic rings. The summed E-state index contributed by atoms with van der Waals surface area (Å²) in [6.07, 6.45) is 14.5. The van der Waals surface area contributed by atoms with Gasteiger partial charge in [-0.25, -0.2) is 0 Å². The zero-order chi connectivity index (χ0) is 21.9. The minimum absolute atomic E-state index is 0.187. The van der Waals surface area contributed by atoms with Crippen molar-refractivity contribution in [2.24, 2.45) is 46.3 Å². The van der Waals surface area contributed by atoms with Crippen molar-refractivity contribution in [1.82, 2.24) is 0 Å². The number of aliphatic hydroxyl groups excluding tert-OH is 1. The van der Waals surface area contributed by atoms with Crippen molar-refractivity contribution >= 4 is 0 Å². The number of fused-ring (bicyclic) bond motifs is 5. The second-order valence-electron chi connectivity index (χ2n) is 12.0. The van der Waals surface area contributed by atoms with Crippen molar-refractivity contribution in [3.05, 3.63) is 23.8 Å². The van der Waals surface area contributed by atoms with Crippen LogP contribution in [0.15, 0.2) is 23.8 Å². The zero-order valence-corrected chi connectivity index (χ0v) is 19.8. The largest absolute Gasteiger partial charge is 0.387 e. The monoisotopic (exact) mass is 416 g/mol. The van der Waals surface area contributed by atoms with E-state index >= 15 is 0 Å². The van der Waals surface area contributed by atoms with Crippen LogP contribution in [0.1, 0.15) is 86.0 Å². The average molecular weight is 417 g/mol. The molecule has 4 aliphatic rings. The molecule has 3 heteroatoms. The van der Waals surface area contributed by atoms with E-state index in [2.05, 4.69) is 39.8 Å². The van der Waals surface area contributed by atoms with Gasteiger partial charge < -0.3 is 15.3 Å². The third-order valence-corrected chi connectivity index (χ3v) is 10.2. The minimum Gasteiger partial charge on any atom is -0.387 e. The van der Waals surface area contributed by atoms with Gasteiger partial charge in [0.25, 0.3) is 0 Å². The second-order valence-corrected chi connectivity index (χ2v) is 12.0. The van der Waals surface area contributed by atoms with Crippen molar-refractivity contribution in [3.8, 4) is 0 Å². The Bertz CT molecular complexity index is 707. The molecule has 0 spiro atoms. The van der Waals surface area contributed by atoms with Crippen molar-refractivity contribution in [2.75, 3.05) is 0 Å². The molecule has 0 radical (unpaired) electrons. The molecule has 2 saturated carbocycles. The highest BCUT2D eigenvalue weighted by Crippen LogP contribution is 2.67. The summed E-state index contributed by atoms with van der Waals surface area (Å²) < 4.78 is 0. The highest BCUT2D eigenvalue weighted by Gasteiger charge is 2.65. The standard InChI is InChI=1S/C27H44O3/c1-17(2)7-6-8-18(3)21-12-13-22-20-11-9-19-10-14-24(28)27(29,30)26(19,5)23(20)15-16-25(21,22)4/h9-11,17-18,20-24,28-30H,6-8,12-16H2,1-5H3/t18-,20+,21-,22+,23+,24?,25-,26+/m1/s1. The summed E-state index contributed by atoms with van der Waals surface area (Å²) in [4.78, 5) is 0. The molecule has 170 valence electrons. The van der Waals surface area contributed by atoms with Gasteiger partial charge in [-0.1, -0.05) is 65.2 Å². The average Bonchev–Trinajstić information content (AvgIpc) is 3.03. The smallest absolute Gasteiger partial charge is 0.199 e. The first-order chi connectivity index (χ1) is 14.0. The molecule has 4 rings (SSSR count). The van der Waals surface area contributed by atoms with Gasteiger partial charge in [-0.05, 0) is 85.5 Å². The molecule has 2 fully saturated rings. The van der Waals surface area contributed by atoms with E-state index in [4.69, 9.17) is 0 Å². The van der Waals surface area contributed by atoms with E-state index in [0.717, 1.165) is 29.7 Å². The van der Waals surface area contributed by atoms with Crippen LogP contribution in [0.4, 0.5) is 0 Å². The lowest BCUT2D eigenvalue weighted by molar-refractivity contribution is -0.301. The third kappa shape index (κ3) is 3.18. The summed E-state index contributed by atoms with van der Waals surface area (Å²) in [5.74, 6) is 1.45. The molecule has 0 heterocycles. The van der Waals surface area contributed by atoms with Gasteiger partial charge >= 0.3 is 0 Å². The Hall–Kier alpha value is -0.640. The summed E-state index contributed by atoms with van der Waals surface area (Å²) in [7, 11) is 0. The molecule has 0 amide bonds. The van der Waals surface area contributed by atoms with Crippen LogP contribution in [0.25, 0.3) is 0 Å². The number of hydrogen-bond acceptors (Lipinski definition) is 3. The maximum atomic E-state index is 11.1. The molecule has 0 aliphatic heterocycles. The number of allylic oxidation sites excluding steroid dienone is 2. The fourth-order valence-corrected chi connectivity index (χ4v) is 8.28. The molecule has 3 N–H and O–H groups in total. The summed E-state index contributed by atoms with van der Waals surface area (Å²) in [6.45, 7) is 11.6. The summed E-state index contributed by atoms with van der Waals surface area (Å²) in [6, 6.07) is 0. The van der Waals surface area contributed by atoms with Crippen LogP contribution in [0.2, 0.25) is 0 Å². The Morgan fingerprint density at radius 2 is 1.77 bits per heavy atom. The molecule has 4 aliphatic carbocycles. The second kappa shape index (κ2) is 7.74. The third-order valence-electron chi connectivity index (χ3n) is 10.2. The topological polar surface area (TPSA) is 60.7 Å². The molecule has 30 heavy (non-hydrogen) atoms. The van der Waals surface area contributed by atoms with Gasteiger partial charge in [0, 0.05) is 0 Å². The van der Waals surface area contributed by atoms with Gasteiger partial charge in [-0.2, -0.15) is 0 Å². The van der Waals surface area contributed by atoms with Gasteiger partial charge in [0.2, 0.25) is 0 Å². The van der Waals surface area contributed by atoms with E-state index in [9.17, 15) is 15.3 Å². The van der Waals surface area contributed by atoms with Crippen LogP contribution in [-0.4, -0.2) is 27.2 Å². The Morgan fingerprint density at radius 3 is 2.47 bits per heavy atom. The minimum atomic E-state index is -2.05. The van der Waals surface area contributed by atoms with Crippen molar-refractivity contribution in [3.63, 3.8) is 0 Å². The molecule has 0 aromatic heterocycles. The lowest BCUT2D eigenvalue weighted by atomic mass is 9.46. The van der Waals surface area contributed by atoms with Gasteiger partial charge in [0.15, 0.2) is 5.79 Å². The van der Waals surface area contributed by atoms with Crippen LogP contribution >= 0.6 is 0 Å². The van der Waals surface area contributed by atoms with E-state index in [1.165, 1.54) is 38.5 Å². The number of aliphatic hydroxyl groups is 3. The van der Waals surface area contributed by atoms with E-state index < -0.39 is 17.3 Å². The van der Waals surface area contributed by atoms with E-state index in [1.807, 2.05) is 13.0 Å². The van der Waals surface area contributed by atoms with Crippen LogP contribution in [0.3, 0.4) is 0 Å². The van der Waals surface area contributed by atoms with Gasteiger partial charge in [-0.15, -0.1) is 0 Å². The van der Waals surface area contributed by atoms with Crippen molar-refractivity contribution in [2.45, 2.75) is 97.9 Å². The maximum absolute atomic E-state index is 11.1. The van der Waals surface area contributed by atoms with Gasteiger partial charge in [-0.3, -0.25) is 0 Å². The molecular formula is C27H44O3. The fourth-order valence-electron chi connectivity index (χ4n) is 8.28. The van der Waals surface area contributed by atoms with Crippen LogP contribution in [0.5, 0.6) is 0 Å². The summed E-state index contributed by atoms with van der Waals surface area (Å²) in [5, 5.41) is 32.5. The summed E-state index contributed by atoms with van der Waals surface area (Å²) >= 11 is 0.